The van der Waals surface area contributed by atoms with Crippen LogP contribution in [0.15, 0.2) is 41.4 Å². The molecular weight excluding hydrogens is 262 g/mol. The molecular formula is C16H19N5. The minimum absolute atomic E-state index is 0.305. The zero-order valence-electron chi connectivity index (χ0n) is 12.2. The highest BCUT2D eigenvalue weighted by Gasteiger charge is 2.25. The van der Waals surface area contributed by atoms with Crippen LogP contribution in [0.5, 0.6) is 0 Å². The van der Waals surface area contributed by atoms with E-state index in [1.807, 2.05) is 25.2 Å². The first kappa shape index (κ1) is 13.6. The van der Waals surface area contributed by atoms with E-state index in [1.165, 1.54) is 5.56 Å². The van der Waals surface area contributed by atoms with Crippen LogP contribution >= 0.6 is 0 Å². The molecule has 0 saturated heterocycles. The van der Waals surface area contributed by atoms with E-state index < -0.39 is 0 Å². The Morgan fingerprint density at radius 1 is 1.24 bits per heavy atom. The number of benzene rings is 1. The molecule has 21 heavy (non-hydrogen) atoms. The van der Waals surface area contributed by atoms with Gasteiger partial charge in [-0.3, -0.25) is 0 Å². The summed E-state index contributed by atoms with van der Waals surface area (Å²) in [5.41, 5.74) is 16.2. The first-order valence-electron chi connectivity index (χ1n) is 7.03. The molecule has 0 radical (unpaired) electrons. The van der Waals surface area contributed by atoms with Gasteiger partial charge >= 0.3 is 0 Å². The Morgan fingerprint density at radius 2 is 1.95 bits per heavy atom. The van der Waals surface area contributed by atoms with E-state index in [1.54, 1.807) is 4.90 Å². The van der Waals surface area contributed by atoms with Gasteiger partial charge in [-0.25, -0.2) is 4.98 Å². The molecule has 1 atom stereocenters. The van der Waals surface area contributed by atoms with E-state index >= 15 is 0 Å². The third-order valence-electron chi connectivity index (χ3n) is 3.86. The molecule has 0 saturated carbocycles. The number of fused-ring (bicyclic) bond motifs is 1. The van der Waals surface area contributed by atoms with Crippen LogP contribution < -0.4 is 11.5 Å². The highest BCUT2D eigenvalue weighted by Crippen LogP contribution is 2.34. The molecule has 2 aromatic rings. The fraction of sp³-hybridized carbons (Fsp3) is 0.250. The van der Waals surface area contributed by atoms with Gasteiger partial charge in [-0.05, 0) is 18.1 Å². The average Bonchev–Trinajstić information content (AvgIpc) is 2.52. The Labute approximate surface area is 124 Å². The molecule has 2 heterocycles. The molecule has 0 spiro atoms. The third-order valence-corrected chi connectivity index (χ3v) is 3.86. The van der Waals surface area contributed by atoms with Crippen LogP contribution in [-0.4, -0.2) is 22.9 Å². The lowest BCUT2D eigenvalue weighted by Crippen LogP contribution is -2.43. The minimum Gasteiger partial charge on any atom is -0.369 e. The second-order valence-corrected chi connectivity index (χ2v) is 5.15. The van der Waals surface area contributed by atoms with Crippen molar-refractivity contribution in [3.63, 3.8) is 0 Å². The number of guanidine groups is 1. The van der Waals surface area contributed by atoms with Gasteiger partial charge in [0, 0.05) is 18.2 Å². The molecule has 0 bridgehead atoms. The van der Waals surface area contributed by atoms with Gasteiger partial charge in [-0.15, -0.1) is 0 Å². The first-order chi connectivity index (χ1) is 10.1. The predicted molar refractivity (Wildman–Crippen MR) is 85.0 cm³/mol. The lowest BCUT2D eigenvalue weighted by atomic mass is 10.00. The Balaban J connectivity index is 2.20. The molecule has 5 heteroatoms. The lowest BCUT2D eigenvalue weighted by Gasteiger charge is -2.30. The van der Waals surface area contributed by atoms with Gasteiger partial charge in [0.25, 0.3) is 0 Å². The van der Waals surface area contributed by atoms with Crippen LogP contribution in [0.4, 0.5) is 5.82 Å². The third kappa shape index (κ3) is 2.25. The number of aromatic nitrogens is 1. The molecule has 1 aromatic heterocycles. The topological polar surface area (TPSA) is 80.5 Å². The molecule has 1 aliphatic rings. The Bertz CT molecular complexity index is 693. The zero-order chi connectivity index (χ0) is 15.0. The van der Waals surface area contributed by atoms with Crippen molar-refractivity contribution in [2.75, 3.05) is 7.05 Å². The Kier molecular flexibility index (Phi) is 3.35. The average molecular weight is 281 g/mol. The summed E-state index contributed by atoms with van der Waals surface area (Å²) >= 11 is 0. The van der Waals surface area contributed by atoms with Crippen LogP contribution in [0.3, 0.4) is 0 Å². The Hall–Kier alpha value is -2.40. The maximum absolute atomic E-state index is 6.22. The van der Waals surface area contributed by atoms with Gasteiger partial charge in [0.15, 0.2) is 11.8 Å². The van der Waals surface area contributed by atoms with Gasteiger partial charge < -0.3 is 16.4 Å². The van der Waals surface area contributed by atoms with Gasteiger partial charge in [-0.2, -0.15) is 4.99 Å². The SMILES string of the molecule is CCc1cc2c(nc1-c1ccccc1)N=C(N)N(C)C2N. The molecule has 5 nitrogen and oxygen atoms in total. The summed E-state index contributed by atoms with van der Waals surface area (Å²) in [7, 11) is 1.84. The summed E-state index contributed by atoms with van der Waals surface area (Å²) < 4.78 is 0. The largest absolute Gasteiger partial charge is 0.369 e. The summed E-state index contributed by atoms with van der Waals surface area (Å²) in [5.74, 6) is 1.01. The van der Waals surface area contributed by atoms with Crippen LogP contribution in [0.1, 0.15) is 24.2 Å². The maximum Gasteiger partial charge on any atom is 0.199 e. The molecule has 4 N–H and O–H groups in total. The smallest absolute Gasteiger partial charge is 0.199 e. The number of nitrogens with two attached hydrogens (primary N) is 2. The van der Waals surface area contributed by atoms with Crippen molar-refractivity contribution in [3.05, 3.63) is 47.5 Å². The van der Waals surface area contributed by atoms with Crippen molar-refractivity contribution < 1.29 is 0 Å². The fourth-order valence-corrected chi connectivity index (χ4v) is 2.52. The summed E-state index contributed by atoms with van der Waals surface area (Å²) in [4.78, 5) is 10.8. The summed E-state index contributed by atoms with van der Waals surface area (Å²) in [6.45, 7) is 2.12. The minimum atomic E-state index is -0.305. The highest BCUT2D eigenvalue weighted by molar-refractivity contribution is 5.84. The predicted octanol–water partition coefficient (Wildman–Crippen LogP) is 2.16. The first-order valence-corrected chi connectivity index (χ1v) is 7.03. The van der Waals surface area contributed by atoms with Crippen LogP contribution in [0.2, 0.25) is 0 Å². The monoisotopic (exact) mass is 281 g/mol. The van der Waals surface area contributed by atoms with E-state index in [9.17, 15) is 0 Å². The summed E-state index contributed by atoms with van der Waals surface area (Å²) in [6.07, 6.45) is 0.584. The molecule has 1 aromatic carbocycles. The number of rotatable bonds is 2. The van der Waals surface area contributed by atoms with Crippen molar-refractivity contribution >= 4 is 11.8 Å². The van der Waals surface area contributed by atoms with Gasteiger partial charge in [0.2, 0.25) is 0 Å². The molecule has 1 aliphatic heterocycles. The van der Waals surface area contributed by atoms with E-state index in [0.29, 0.717) is 11.8 Å². The maximum atomic E-state index is 6.22. The van der Waals surface area contributed by atoms with Gasteiger partial charge in [-0.1, -0.05) is 37.3 Å². The highest BCUT2D eigenvalue weighted by atomic mass is 15.3. The fourth-order valence-electron chi connectivity index (χ4n) is 2.52. The van der Waals surface area contributed by atoms with Crippen LogP contribution in [-0.2, 0) is 6.42 Å². The van der Waals surface area contributed by atoms with Crippen molar-refractivity contribution in [3.8, 4) is 11.3 Å². The molecule has 0 aliphatic carbocycles. The molecule has 0 fully saturated rings. The number of pyridine rings is 1. The number of hydrogen-bond donors (Lipinski definition) is 2. The Morgan fingerprint density at radius 3 is 2.62 bits per heavy atom. The zero-order valence-corrected chi connectivity index (χ0v) is 12.2. The van der Waals surface area contributed by atoms with Crippen LogP contribution in [0.25, 0.3) is 11.3 Å². The normalized spacial score (nSPS) is 17.4. The molecule has 108 valence electrons. The van der Waals surface area contributed by atoms with E-state index in [2.05, 4.69) is 30.1 Å². The summed E-state index contributed by atoms with van der Waals surface area (Å²) in [6, 6.07) is 12.2. The van der Waals surface area contributed by atoms with Crippen molar-refractivity contribution in [2.45, 2.75) is 19.5 Å². The summed E-state index contributed by atoms with van der Waals surface area (Å²) in [5, 5.41) is 0. The van der Waals surface area contributed by atoms with Crippen molar-refractivity contribution in [1.82, 2.24) is 9.88 Å². The molecule has 1 unspecified atom stereocenters. The van der Waals surface area contributed by atoms with Gasteiger partial charge in [0.05, 0.1) is 5.69 Å². The number of aliphatic imine (C=N–C) groups is 1. The van der Waals surface area contributed by atoms with Crippen molar-refractivity contribution in [1.29, 1.82) is 0 Å². The number of nitrogens with zero attached hydrogens (tertiary/aromatic N) is 3. The second-order valence-electron chi connectivity index (χ2n) is 5.15. The molecule has 0 amide bonds. The number of aryl methyl sites for hydroxylation is 1. The van der Waals surface area contributed by atoms with Crippen LogP contribution in [0, 0.1) is 0 Å². The molecule has 3 rings (SSSR count). The quantitative estimate of drug-likeness (QED) is 0.884. The standard InChI is InChI=1S/C16H19N5/c1-3-10-9-12-14(17)21(2)16(18)20-15(12)19-13(10)11-7-5-4-6-8-11/h4-9,14H,3,17H2,1-2H3,(H2,18,19,20). The van der Waals surface area contributed by atoms with E-state index in [0.717, 1.165) is 23.2 Å². The second kappa shape index (κ2) is 5.18. The van der Waals surface area contributed by atoms with E-state index in [-0.39, 0.29) is 6.17 Å². The van der Waals surface area contributed by atoms with Crippen molar-refractivity contribution in [2.24, 2.45) is 16.5 Å². The van der Waals surface area contributed by atoms with Gasteiger partial charge in [0.1, 0.15) is 6.17 Å². The lowest BCUT2D eigenvalue weighted by molar-refractivity contribution is 0.374. The van der Waals surface area contributed by atoms with E-state index in [4.69, 9.17) is 16.5 Å². The number of hydrogen-bond acceptors (Lipinski definition) is 5.